The molecule has 4 heteroatoms. The number of carboxylic acid groups (broad SMARTS) is 1. The van der Waals surface area contributed by atoms with Crippen LogP contribution >= 0.6 is 0 Å². The Kier molecular flexibility index (Phi) is 30.9. The summed E-state index contributed by atoms with van der Waals surface area (Å²) in [7, 11) is 0. The van der Waals surface area contributed by atoms with Gasteiger partial charge < -0.3 is 15.0 Å². The topological polar surface area (TPSA) is 60.4 Å². The van der Waals surface area contributed by atoms with Crippen LogP contribution in [-0.4, -0.2) is 17.2 Å². The molecule has 0 aromatic heterocycles. The number of aliphatic carboxylic acids is 1. The van der Waals surface area contributed by atoms with Crippen molar-refractivity contribution in [3.05, 3.63) is 0 Å². The smallest absolute Gasteiger partial charge is 0.550 e. The summed E-state index contributed by atoms with van der Waals surface area (Å²) in [4.78, 5) is 10.3. The number of rotatable bonds is 25. The first-order chi connectivity index (χ1) is 14.7. The van der Waals surface area contributed by atoms with Crippen LogP contribution in [0, 0.1) is 0 Å². The van der Waals surface area contributed by atoms with E-state index < -0.39 is 12.1 Å². The van der Waals surface area contributed by atoms with Crippen molar-refractivity contribution in [2.45, 2.75) is 167 Å². The summed E-state index contributed by atoms with van der Waals surface area (Å²) < 4.78 is 0. The van der Waals surface area contributed by atoms with Gasteiger partial charge in [0.25, 0.3) is 0 Å². The Hall–Kier alpha value is 0.430. The summed E-state index contributed by atoms with van der Waals surface area (Å²) in [6.45, 7) is 2.29. The zero-order valence-corrected chi connectivity index (χ0v) is 23.3. The largest absolute Gasteiger partial charge is 1.00 e. The van der Waals surface area contributed by atoms with Gasteiger partial charge in [0.05, 0.1) is 6.10 Å². The number of carboxylic acids is 1. The summed E-state index contributed by atoms with van der Waals surface area (Å²) in [5.74, 6) is -1.06. The summed E-state index contributed by atoms with van der Waals surface area (Å²) in [6, 6.07) is 0. The number of aliphatic hydroxyl groups excluding tert-OH is 1. The Balaban J connectivity index is 0. The summed E-state index contributed by atoms with van der Waals surface area (Å²) in [6.07, 6.45) is 29.4. The van der Waals surface area contributed by atoms with Crippen LogP contribution in [0.1, 0.15) is 161 Å². The number of aliphatic hydroxyl groups is 1. The minimum Gasteiger partial charge on any atom is -0.550 e. The second-order valence-corrected chi connectivity index (χ2v) is 9.42. The first kappa shape index (κ1) is 33.6. The first-order valence-electron chi connectivity index (χ1n) is 13.5. The molecule has 1 N–H and O–H groups in total. The molecule has 1 unspecified atom stereocenters. The molecule has 0 saturated heterocycles. The summed E-state index contributed by atoms with van der Waals surface area (Å²) in [5, 5.41) is 20.0. The molecule has 1 atom stereocenters. The van der Waals surface area contributed by atoms with Crippen LogP contribution in [-0.2, 0) is 4.79 Å². The molecule has 0 aromatic rings. The summed E-state index contributed by atoms with van der Waals surface area (Å²) >= 11 is 0. The van der Waals surface area contributed by atoms with E-state index in [9.17, 15) is 15.0 Å². The molecule has 3 nitrogen and oxygen atoms in total. The van der Waals surface area contributed by atoms with E-state index in [1.807, 2.05) is 0 Å². The Morgan fingerprint density at radius 1 is 0.581 bits per heavy atom. The quantitative estimate of drug-likeness (QED) is 0.165. The first-order valence-corrected chi connectivity index (χ1v) is 13.5. The molecule has 0 aliphatic heterocycles. The van der Waals surface area contributed by atoms with Crippen LogP contribution in [0.15, 0.2) is 0 Å². The molecule has 0 aromatic carbocycles. The minimum absolute atomic E-state index is 0. The third-order valence-electron chi connectivity index (χ3n) is 6.32. The SMILES string of the molecule is CCCCCCCCCCCCCCCCCCCCCCCC(O)CCC(=O)[O-].[Na+]. The molecule has 0 aliphatic rings. The Morgan fingerprint density at radius 2 is 0.871 bits per heavy atom. The maximum Gasteiger partial charge on any atom is 1.00 e. The van der Waals surface area contributed by atoms with Crippen molar-refractivity contribution in [1.29, 1.82) is 0 Å². The van der Waals surface area contributed by atoms with Crippen LogP contribution < -0.4 is 34.7 Å². The van der Waals surface area contributed by atoms with Crippen LogP contribution in [0.25, 0.3) is 0 Å². The third-order valence-corrected chi connectivity index (χ3v) is 6.32. The van der Waals surface area contributed by atoms with Crippen LogP contribution in [0.5, 0.6) is 0 Å². The van der Waals surface area contributed by atoms with Gasteiger partial charge in [-0.05, 0) is 19.3 Å². The van der Waals surface area contributed by atoms with E-state index in [0.717, 1.165) is 19.3 Å². The van der Waals surface area contributed by atoms with Crippen molar-refractivity contribution in [2.24, 2.45) is 0 Å². The van der Waals surface area contributed by atoms with E-state index in [2.05, 4.69) is 6.92 Å². The molecule has 0 radical (unpaired) electrons. The zero-order chi connectivity index (χ0) is 22.1. The van der Waals surface area contributed by atoms with Gasteiger partial charge in [-0.15, -0.1) is 0 Å². The number of hydrogen-bond donors (Lipinski definition) is 1. The molecule has 0 rings (SSSR count). The average Bonchev–Trinajstić information content (AvgIpc) is 2.73. The van der Waals surface area contributed by atoms with Gasteiger partial charge in [-0.3, -0.25) is 0 Å². The van der Waals surface area contributed by atoms with Crippen molar-refractivity contribution in [1.82, 2.24) is 0 Å². The van der Waals surface area contributed by atoms with E-state index in [1.165, 1.54) is 122 Å². The van der Waals surface area contributed by atoms with Gasteiger partial charge in [0, 0.05) is 5.97 Å². The van der Waals surface area contributed by atoms with E-state index in [0.29, 0.717) is 6.42 Å². The van der Waals surface area contributed by atoms with Crippen LogP contribution in [0.4, 0.5) is 0 Å². The van der Waals surface area contributed by atoms with Gasteiger partial charge in [-0.2, -0.15) is 0 Å². The van der Waals surface area contributed by atoms with Crippen molar-refractivity contribution in [3.8, 4) is 0 Å². The number of carbonyl (C=O) groups excluding carboxylic acids is 1. The fourth-order valence-corrected chi connectivity index (χ4v) is 4.24. The molecule has 0 saturated carbocycles. The Bertz CT molecular complexity index is 349. The maximum absolute atomic E-state index is 10.3. The number of hydrogen-bond acceptors (Lipinski definition) is 3. The van der Waals surface area contributed by atoms with Gasteiger partial charge >= 0.3 is 29.6 Å². The molecule has 180 valence electrons. The predicted molar refractivity (Wildman–Crippen MR) is 127 cm³/mol. The molecule has 0 bridgehead atoms. The second-order valence-electron chi connectivity index (χ2n) is 9.42. The van der Waals surface area contributed by atoms with E-state index >= 15 is 0 Å². The van der Waals surface area contributed by atoms with Crippen molar-refractivity contribution >= 4 is 5.97 Å². The zero-order valence-electron chi connectivity index (χ0n) is 21.3. The molecule has 0 heterocycles. The molecule has 0 spiro atoms. The average molecular weight is 449 g/mol. The molecule has 0 amide bonds. The number of carbonyl (C=O) groups is 1. The monoisotopic (exact) mass is 448 g/mol. The van der Waals surface area contributed by atoms with Gasteiger partial charge in [0.15, 0.2) is 0 Å². The summed E-state index contributed by atoms with van der Waals surface area (Å²) in [5.41, 5.74) is 0. The fourth-order valence-electron chi connectivity index (χ4n) is 4.24. The van der Waals surface area contributed by atoms with E-state index in [4.69, 9.17) is 0 Å². The fraction of sp³-hybridized carbons (Fsp3) is 0.963. The molecular formula is C27H53NaO3. The van der Waals surface area contributed by atoms with Gasteiger partial charge in [-0.25, -0.2) is 0 Å². The van der Waals surface area contributed by atoms with Crippen molar-refractivity contribution in [2.75, 3.05) is 0 Å². The van der Waals surface area contributed by atoms with Crippen molar-refractivity contribution < 1.29 is 44.6 Å². The molecule has 31 heavy (non-hydrogen) atoms. The predicted octanol–water partition coefficient (Wildman–Crippen LogP) is 4.48. The van der Waals surface area contributed by atoms with Crippen molar-refractivity contribution in [3.63, 3.8) is 0 Å². The molecule has 0 fully saturated rings. The number of unbranched alkanes of at least 4 members (excludes halogenated alkanes) is 20. The third kappa shape index (κ3) is 30.4. The van der Waals surface area contributed by atoms with E-state index in [-0.39, 0.29) is 36.0 Å². The Morgan fingerprint density at radius 3 is 1.16 bits per heavy atom. The van der Waals surface area contributed by atoms with Gasteiger partial charge in [0.1, 0.15) is 0 Å². The second kappa shape index (κ2) is 28.5. The maximum atomic E-state index is 10.3. The molecular weight excluding hydrogens is 395 g/mol. The Labute approximate surface area is 216 Å². The van der Waals surface area contributed by atoms with Crippen LogP contribution in [0.2, 0.25) is 0 Å². The molecule has 0 aliphatic carbocycles. The van der Waals surface area contributed by atoms with Gasteiger partial charge in [0.2, 0.25) is 0 Å². The normalized spacial score (nSPS) is 11.9. The van der Waals surface area contributed by atoms with Gasteiger partial charge in [-0.1, -0.05) is 142 Å². The van der Waals surface area contributed by atoms with E-state index in [1.54, 1.807) is 0 Å². The van der Waals surface area contributed by atoms with Crippen LogP contribution in [0.3, 0.4) is 0 Å². The minimum atomic E-state index is -1.06. The standard InChI is InChI=1S/C27H54O3.Na/c1-2-3-4-5-6-7-8-9-10-11-12-13-14-15-16-17-18-19-20-21-22-23-26(28)24-25-27(29)30;/h26,28H,2-25H2,1H3,(H,29,30);/q;+1/p-1.